The Kier molecular flexibility index (Phi) is 12.1. The normalized spacial score (nSPS) is 17.2. The smallest absolute Gasteiger partial charge is 0.407 e. The van der Waals surface area contributed by atoms with Gasteiger partial charge >= 0.3 is 6.09 Å². The van der Waals surface area contributed by atoms with Crippen molar-refractivity contribution in [3.05, 3.63) is 40.4 Å². The molecule has 12 heteroatoms. The molecule has 0 aromatic heterocycles. The first kappa shape index (κ1) is 33.4. The number of amides is 2. The number of nitrogens with one attached hydrogen (secondary N) is 2. The Labute approximate surface area is 244 Å². The Morgan fingerprint density at radius 1 is 1.18 bits per heavy atom. The van der Waals surface area contributed by atoms with Gasteiger partial charge in [0.05, 0.1) is 38.4 Å². The Balaban J connectivity index is 2.18. The van der Waals surface area contributed by atoms with Crippen molar-refractivity contribution in [3.8, 4) is 5.75 Å². The fourth-order valence-corrected chi connectivity index (χ4v) is 5.24. The summed E-state index contributed by atoms with van der Waals surface area (Å²) in [6, 6.07) is 2.96. The van der Waals surface area contributed by atoms with E-state index >= 15 is 0 Å². The maximum atomic E-state index is 13.2. The SMILES string of the molecule is C=CCOc1cc(Cl)c(Cl)cc1C(N[S@@](=O)C(C)(C)C)C1CCN(C(=O)C(O)CNC(=O)OC(C)(C)C)CC1. The highest BCUT2D eigenvalue weighted by atomic mass is 35.5. The monoisotopic (exact) mass is 605 g/mol. The molecule has 1 aromatic rings. The number of piperidine rings is 1. The summed E-state index contributed by atoms with van der Waals surface area (Å²) in [4.78, 5) is 26.3. The van der Waals surface area contributed by atoms with Crippen LogP contribution in [-0.4, -0.2) is 68.9 Å². The molecule has 1 aliphatic heterocycles. The van der Waals surface area contributed by atoms with Crippen LogP contribution in [0.15, 0.2) is 24.8 Å². The lowest BCUT2D eigenvalue weighted by Crippen LogP contribution is -2.49. The van der Waals surface area contributed by atoms with E-state index in [9.17, 15) is 18.9 Å². The van der Waals surface area contributed by atoms with Gasteiger partial charge in [0.15, 0.2) is 0 Å². The predicted molar refractivity (Wildman–Crippen MR) is 155 cm³/mol. The minimum absolute atomic E-state index is 0.0271. The predicted octanol–water partition coefficient (Wildman–Crippen LogP) is 4.78. The first-order valence-electron chi connectivity index (χ1n) is 12.9. The first-order valence-corrected chi connectivity index (χ1v) is 14.8. The number of benzene rings is 1. The molecular weight excluding hydrogens is 565 g/mol. The Hall–Kier alpha value is -1.85. The molecule has 220 valence electrons. The number of carbonyl (C=O) groups excluding carboxylic acids is 2. The lowest BCUT2D eigenvalue weighted by Gasteiger charge is -2.38. The molecule has 1 aliphatic rings. The van der Waals surface area contributed by atoms with Crippen LogP contribution in [0.3, 0.4) is 0 Å². The van der Waals surface area contributed by atoms with Crippen LogP contribution in [0.4, 0.5) is 4.79 Å². The van der Waals surface area contributed by atoms with Gasteiger partial charge in [0.1, 0.15) is 24.1 Å². The fourth-order valence-electron chi connectivity index (χ4n) is 4.01. The molecule has 0 aliphatic carbocycles. The van der Waals surface area contributed by atoms with Crippen LogP contribution in [0.25, 0.3) is 0 Å². The summed E-state index contributed by atoms with van der Waals surface area (Å²) in [6.07, 6.45) is 0.654. The van der Waals surface area contributed by atoms with E-state index in [1.165, 1.54) is 0 Å². The summed E-state index contributed by atoms with van der Waals surface area (Å²) < 4.78 is 27.0. The third kappa shape index (κ3) is 10.2. The van der Waals surface area contributed by atoms with E-state index in [-0.39, 0.29) is 19.1 Å². The van der Waals surface area contributed by atoms with Gasteiger partial charge in [0.2, 0.25) is 0 Å². The number of hydrogen-bond donors (Lipinski definition) is 3. The van der Waals surface area contributed by atoms with Gasteiger partial charge in [0, 0.05) is 24.7 Å². The molecule has 1 fully saturated rings. The zero-order chi connectivity index (χ0) is 29.5. The van der Waals surface area contributed by atoms with Gasteiger partial charge < -0.3 is 24.8 Å². The van der Waals surface area contributed by atoms with E-state index in [2.05, 4.69) is 16.6 Å². The van der Waals surface area contributed by atoms with Gasteiger partial charge in [0.25, 0.3) is 5.91 Å². The maximum Gasteiger partial charge on any atom is 0.407 e. The molecular formula is C27H41Cl2N3O6S. The number of hydrogen-bond acceptors (Lipinski definition) is 6. The van der Waals surface area contributed by atoms with E-state index in [4.69, 9.17) is 32.7 Å². The highest BCUT2D eigenvalue weighted by Gasteiger charge is 2.35. The Morgan fingerprint density at radius 3 is 2.31 bits per heavy atom. The van der Waals surface area contributed by atoms with Crippen molar-refractivity contribution in [2.24, 2.45) is 5.92 Å². The third-order valence-electron chi connectivity index (χ3n) is 5.98. The zero-order valence-electron chi connectivity index (χ0n) is 23.5. The average Bonchev–Trinajstić information content (AvgIpc) is 2.84. The second kappa shape index (κ2) is 14.2. The standard InChI is InChI=1S/C27H41Cl2N3O6S/c1-8-13-37-22-15-20(29)19(28)14-18(22)23(31-39(36)27(5,6)7)17-9-11-32(12-10-17)24(34)21(33)16-30-25(35)38-26(2,3)4/h8,14-15,17,21,23,31,33H,1,9-13,16H2,2-7H3,(H,30,35)/t21?,23?,39-/m0/s1. The Bertz CT molecular complexity index is 1050. The molecule has 3 atom stereocenters. The van der Waals surface area contributed by atoms with Gasteiger partial charge in [-0.2, -0.15) is 0 Å². The number of aliphatic hydroxyl groups excluding tert-OH is 1. The van der Waals surface area contributed by atoms with Crippen LogP contribution in [0.1, 0.15) is 66.0 Å². The van der Waals surface area contributed by atoms with Crippen molar-refractivity contribution in [3.63, 3.8) is 0 Å². The molecule has 0 radical (unpaired) electrons. The van der Waals surface area contributed by atoms with Crippen LogP contribution >= 0.6 is 23.2 Å². The zero-order valence-corrected chi connectivity index (χ0v) is 25.8. The van der Waals surface area contributed by atoms with E-state index < -0.39 is 45.5 Å². The van der Waals surface area contributed by atoms with Crippen molar-refractivity contribution in [1.82, 2.24) is 14.9 Å². The number of alkyl carbamates (subject to hydrolysis) is 1. The van der Waals surface area contributed by atoms with Crippen LogP contribution < -0.4 is 14.8 Å². The van der Waals surface area contributed by atoms with E-state index in [0.29, 0.717) is 41.7 Å². The minimum Gasteiger partial charge on any atom is -0.489 e. The van der Waals surface area contributed by atoms with E-state index in [1.807, 2.05) is 20.8 Å². The molecule has 0 bridgehead atoms. The minimum atomic E-state index is -1.41. The van der Waals surface area contributed by atoms with Crippen molar-refractivity contribution < 1.29 is 28.4 Å². The first-order chi connectivity index (χ1) is 18.0. The molecule has 0 saturated carbocycles. The average molecular weight is 607 g/mol. The lowest BCUT2D eigenvalue weighted by molar-refractivity contribution is -0.141. The van der Waals surface area contributed by atoms with Crippen LogP contribution in [-0.2, 0) is 20.5 Å². The van der Waals surface area contributed by atoms with Gasteiger partial charge in [-0.1, -0.05) is 35.9 Å². The number of ether oxygens (including phenoxy) is 2. The second-order valence-electron chi connectivity index (χ2n) is 11.4. The largest absolute Gasteiger partial charge is 0.489 e. The summed E-state index contributed by atoms with van der Waals surface area (Å²) in [7, 11) is -1.41. The summed E-state index contributed by atoms with van der Waals surface area (Å²) in [6.45, 7) is 15.3. The molecule has 1 aromatic carbocycles. The number of carbonyl (C=O) groups is 2. The molecule has 2 unspecified atom stereocenters. The molecule has 9 nitrogen and oxygen atoms in total. The van der Waals surface area contributed by atoms with Gasteiger partial charge in [-0.15, -0.1) is 0 Å². The number of nitrogens with zero attached hydrogens (tertiary/aromatic N) is 1. The van der Waals surface area contributed by atoms with Crippen molar-refractivity contribution in [2.45, 2.75) is 76.9 Å². The van der Waals surface area contributed by atoms with Gasteiger partial charge in [-0.25, -0.2) is 13.7 Å². The highest BCUT2D eigenvalue weighted by molar-refractivity contribution is 7.84. The summed E-state index contributed by atoms with van der Waals surface area (Å²) in [5.74, 6) is 0.00684. The summed E-state index contributed by atoms with van der Waals surface area (Å²) in [5, 5.41) is 13.5. The third-order valence-corrected chi connectivity index (χ3v) is 8.28. The van der Waals surface area contributed by atoms with Crippen LogP contribution in [0.5, 0.6) is 5.75 Å². The van der Waals surface area contributed by atoms with Crippen molar-refractivity contribution in [2.75, 3.05) is 26.2 Å². The van der Waals surface area contributed by atoms with Crippen molar-refractivity contribution >= 4 is 46.2 Å². The molecule has 2 rings (SSSR count). The number of aliphatic hydroxyl groups is 1. The van der Waals surface area contributed by atoms with Crippen LogP contribution in [0.2, 0.25) is 10.0 Å². The van der Waals surface area contributed by atoms with Gasteiger partial charge in [-0.05, 0) is 66.4 Å². The quantitative estimate of drug-likeness (QED) is 0.331. The van der Waals surface area contributed by atoms with Crippen LogP contribution in [0, 0.1) is 5.92 Å². The highest BCUT2D eigenvalue weighted by Crippen LogP contribution is 2.40. The summed E-state index contributed by atoms with van der Waals surface area (Å²) >= 11 is 12.7. The molecule has 1 heterocycles. The topological polar surface area (TPSA) is 117 Å². The molecule has 1 saturated heterocycles. The van der Waals surface area contributed by atoms with E-state index in [0.717, 1.165) is 5.56 Å². The fraction of sp³-hybridized carbons (Fsp3) is 0.630. The number of rotatable bonds is 10. The lowest BCUT2D eigenvalue weighted by atomic mass is 9.85. The molecule has 39 heavy (non-hydrogen) atoms. The molecule has 0 spiro atoms. The summed E-state index contributed by atoms with van der Waals surface area (Å²) in [5.41, 5.74) is 0.0304. The second-order valence-corrected chi connectivity index (χ2v) is 14.3. The van der Waals surface area contributed by atoms with E-state index in [1.54, 1.807) is 43.9 Å². The molecule has 3 N–H and O–H groups in total. The maximum absolute atomic E-state index is 13.2. The van der Waals surface area contributed by atoms with Gasteiger partial charge in [-0.3, -0.25) is 4.79 Å². The van der Waals surface area contributed by atoms with Crippen molar-refractivity contribution in [1.29, 1.82) is 0 Å². The Morgan fingerprint density at radius 2 is 1.77 bits per heavy atom. The number of likely N-dealkylation sites (tertiary alicyclic amines) is 1. The number of halogens is 2. The molecule has 2 amide bonds.